The van der Waals surface area contributed by atoms with Gasteiger partial charge in [0, 0.05) is 31.9 Å². The molecular weight excluding hydrogens is 497 g/mol. The van der Waals surface area contributed by atoms with Gasteiger partial charge in [-0.05, 0) is 105 Å². The van der Waals surface area contributed by atoms with Crippen LogP contribution in [0, 0.1) is 11.2 Å². The van der Waals surface area contributed by atoms with Crippen LogP contribution in [0.3, 0.4) is 0 Å². The number of unbranched alkanes of at least 4 members (excludes halogenated alkanes) is 1. The van der Waals surface area contributed by atoms with Gasteiger partial charge in [-0.2, -0.15) is 0 Å². The van der Waals surface area contributed by atoms with Crippen molar-refractivity contribution in [2.45, 2.75) is 82.5 Å². The first-order chi connectivity index (χ1) is 19.0. The summed E-state index contributed by atoms with van der Waals surface area (Å²) in [5, 5.41) is 13.6. The van der Waals surface area contributed by atoms with Crippen LogP contribution in [0.4, 0.5) is 10.2 Å². The Morgan fingerprint density at radius 1 is 1.23 bits per heavy atom. The number of halogens is 1. The molecule has 0 bridgehead atoms. The number of carboxylic acid groups (broad SMARTS) is 1. The number of benzene rings is 1. The highest BCUT2D eigenvalue weighted by molar-refractivity contribution is 5.76. The van der Waals surface area contributed by atoms with Crippen molar-refractivity contribution in [3.05, 3.63) is 58.5 Å². The van der Waals surface area contributed by atoms with Crippen molar-refractivity contribution < 1.29 is 23.8 Å². The molecule has 4 heterocycles. The van der Waals surface area contributed by atoms with E-state index in [1.165, 1.54) is 30.5 Å². The number of ether oxygens (including phenoxy) is 2. The summed E-state index contributed by atoms with van der Waals surface area (Å²) in [6, 6.07) is 7.98. The maximum atomic E-state index is 14.4. The third-order valence-corrected chi connectivity index (χ3v) is 9.08. The summed E-state index contributed by atoms with van der Waals surface area (Å²) < 4.78 is 26.8. The Morgan fingerprint density at radius 3 is 2.92 bits per heavy atom. The number of carbonyl (C=O) groups is 1. The zero-order valence-electron chi connectivity index (χ0n) is 22.7. The fourth-order valence-corrected chi connectivity index (χ4v) is 6.54. The number of anilines is 1. The summed E-state index contributed by atoms with van der Waals surface area (Å²) >= 11 is 0. The Kier molecular flexibility index (Phi) is 7.87. The topological polar surface area (TPSA) is 83.9 Å². The minimum atomic E-state index is -0.955. The van der Waals surface area contributed by atoms with Crippen LogP contribution < -0.4 is 5.32 Å². The highest BCUT2D eigenvalue weighted by Crippen LogP contribution is 2.55. The fraction of sp³-hybridized carbons (Fsp3) is 0.613. The van der Waals surface area contributed by atoms with E-state index in [-0.39, 0.29) is 12.2 Å². The Hall–Kier alpha value is -2.55. The number of aliphatic carboxylic acids is 1. The lowest BCUT2D eigenvalue weighted by Crippen LogP contribution is -2.35. The largest absolute Gasteiger partial charge is 0.480 e. The van der Waals surface area contributed by atoms with Gasteiger partial charge in [0.05, 0.1) is 18.8 Å². The van der Waals surface area contributed by atoms with Gasteiger partial charge in [-0.15, -0.1) is 0 Å². The summed E-state index contributed by atoms with van der Waals surface area (Å²) in [6.45, 7) is 3.49. The normalized spacial score (nSPS) is 24.7. The Labute approximate surface area is 230 Å². The predicted octanol–water partition coefficient (Wildman–Crippen LogP) is 5.45. The molecule has 4 aliphatic rings. The van der Waals surface area contributed by atoms with Gasteiger partial charge in [0.2, 0.25) is 0 Å². The molecule has 2 aromatic rings. The average Bonchev–Trinajstić information content (AvgIpc) is 3.53. The maximum absolute atomic E-state index is 14.4. The number of nitrogens with one attached hydrogen (secondary N) is 1. The second-order valence-corrected chi connectivity index (χ2v) is 11.9. The predicted molar refractivity (Wildman–Crippen MR) is 146 cm³/mol. The van der Waals surface area contributed by atoms with Crippen molar-refractivity contribution >= 4 is 11.8 Å². The molecule has 8 heteroatoms. The van der Waals surface area contributed by atoms with Gasteiger partial charge < -0.3 is 19.9 Å². The third kappa shape index (κ3) is 6.13. The summed E-state index contributed by atoms with van der Waals surface area (Å²) in [5.74, 6) is -0.327. The second-order valence-electron chi connectivity index (χ2n) is 11.9. The minimum Gasteiger partial charge on any atom is -0.480 e. The van der Waals surface area contributed by atoms with Gasteiger partial charge in [-0.3, -0.25) is 9.69 Å². The number of pyridine rings is 1. The highest BCUT2D eigenvalue weighted by atomic mass is 19.1. The van der Waals surface area contributed by atoms with Crippen LogP contribution in [0.1, 0.15) is 85.9 Å². The van der Waals surface area contributed by atoms with E-state index in [1.807, 2.05) is 4.90 Å². The van der Waals surface area contributed by atoms with E-state index >= 15 is 0 Å². The van der Waals surface area contributed by atoms with Crippen molar-refractivity contribution in [3.63, 3.8) is 0 Å². The molecule has 1 aliphatic carbocycles. The molecule has 2 N–H and O–H groups in total. The SMILES string of the molecule is O=C(O)[C@H](c1cc(F)ccc1[C@H]1CCC2(CC2)CO1)N1CC[C@@H](OCCCCc2ccc3c(n2)NCCC3)C1. The molecule has 1 spiro atoms. The van der Waals surface area contributed by atoms with Gasteiger partial charge in [0.25, 0.3) is 0 Å². The lowest BCUT2D eigenvalue weighted by molar-refractivity contribution is -0.143. The van der Waals surface area contributed by atoms with Crippen LogP contribution in [0.5, 0.6) is 0 Å². The smallest absolute Gasteiger partial charge is 0.325 e. The van der Waals surface area contributed by atoms with Gasteiger partial charge in [-0.25, -0.2) is 9.37 Å². The number of aromatic nitrogens is 1. The van der Waals surface area contributed by atoms with Gasteiger partial charge >= 0.3 is 5.97 Å². The molecule has 210 valence electrons. The Balaban J connectivity index is 1.02. The summed E-state index contributed by atoms with van der Waals surface area (Å²) in [6.07, 6.45) is 10.1. The first-order valence-corrected chi connectivity index (χ1v) is 14.7. The van der Waals surface area contributed by atoms with E-state index in [4.69, 9.17) is 14.5 Å². The molecule has 3 aliphatic heterocycles. The molecule has 2 saturated heterocycles. The van der Waals surface area contributed by atoms with Crippen molar-refractivity contribution in [2.75, 3.05) is 38.2 Å². The number of nitrogens with zero attached hydrogens (tertiary/aromatic N) is 2. The van der Waals surface area contributed by atoms with Crippen LogP contribution in [0.25, 0.3) is 0 Å². The van der Waals surface area contributed by atoms with E-state index in [0.717, 1.165) is 75.0 Å². The summed E-state index contributed by atoms with van der Waals surface area (Å²) in [7, 11) is 0. The fourth-order valence-electron chi connectivity index (χ4n) is 6.54. The molecule has 3 fully saturated rings. The lowest BCUT2D eigenvalue weighted by atomic mass is 9.88. The van der Waals surface area contributed by atoms with Crippen molar-refractivity contribution in [3.8, 4) is 0 Å². The van der Waals surface area contributed by atoms with Crippen molar-refractivity contribution in [1.82, 2.24) is 9.88 Å². The van der Waals surface area contributed by atoms with Gasteiger partial charge in [0.1, 0.15) is 17.7 Å². The highest BCUT2D eigenvalue weighted by Gasteiger charge is 2.46. The van der Waals surface area contributed by atoms with Crippen LogP contribution in [-0.4, -0.2) is 59.9 Å². The minimum absolute atomic E-state index is 0.0180. The molecule has 7 nitrogen and oxygen atoms in total. The Bertz CT molecular complexity index is 1180. The monoisotopic (exact) mass is 537 g/mol. The summed E-state index contributed by atoms with van der Waals surface area (Å²) in [5.41, 5.74) is 4.10. The van der Waals surface area contributed by atoms with E-state index in [9.17, 15) is 14.3 Å². The molecule has 39 heavy (non-hydrogen) atoms. The molecule has 0 radical (unpaired) electrons. The van der Waals surface area contributed by atoms with Crippen LogP contribution >= 0.6 is 0 Å². The number of hydrogen-bond donors (Lipinski definition) is 2. The standard InChI is InChI=1S/C31H40FN3O4/c32-22-7-9-25(27-10-12-31(13-14-31)20-39-27)26(18-22)28(30(36)37)35-16-11-24(19-35)38-17-2-1-5-23-8-6-21-4-3-15-33-29(21)34-23/h6-9,18,24,27-28H,1-5,10-17,19-20H2,(H,33,34)(H,36,37)/t24-,27-,28+/m1/s1. The van der Waals surface area contributed by atoms with E-state index < -0.39 is 17.8 Å². The Morgan fingerprint density at radius 2 is 2.13 bits per heavy atom. The molecular formula is C31H40FN3O4. The zero-order valence-corrected chi connectivity index (χ0v) is 22.7. The third-order valence-electron chi connectivity index (χ3n) is 9.08. The molecule has 0 amide bonds. The van der Waals surface area contributed by atoms with E-state index in [2.05, 4.69) is 17.4 Å². The number of rotatable bonds is 10. The molecule has 1 saturated carbocycles. The number of aryl methyl sites for hydroxylation is 2. The number of hydrogen-bond acceptors (Lipinski definition) is 6. The van der Waals surface area contributed by atoms with Gasteiger partial charge in [-0.1, -0.05) is 12.1 Å². The molecule has 3 atom stereocenters. The van der Waals surface area contributed by atoms with Crippen LogP contribution in [0.2, 0.25) is 0 Å². The van der Waals surface area contributed by atoms with E-state index in [1.54, 1.807) is 6.07 Å². The lowest BCUT2D eigenvalue weighted by Gasteiger charge is -2.33. The molecule has 1 aromatic carbocycles. The van der Waals surface area contributed by atoms with Crippen molar-refractivity contribution in [2.24, 2.45) is 5.41 Å². The van der Waals surface area contributed by atoms with Gasteiger partial charge in [0.15, 0.2) is 0 Å². The number of fused-ring (bicyclic) bond motifs is 1. The van der Waals surface area contributed by atoms with Crippen LogP contribution in [-0.2, 0) is 27.1 Å². The average molecular weight is 538 g/mol. The number of likely N-dealkylation sites (tertiary alicyclic amines) is 1. The molecule has 6 rings (SSSR count). The van der Waals surface area contributed by atoms with E-state index in [0.29, 0.717) is 37.3 Å². The quantitative estimate of drug-likeness (QED) is 0.390. The molecule has 1 aromatic heterocycles. The maximum Gasteiger partial charge on any atom is 0.325 e. The zero-order chi connectivity index (χ0) is 26.8. The first-order valence-electron chi connectivity index (χ1n) is 14.7. The summed E-state index contributed by atoms with van der Waals surface area (Å²) in [4.78, 5) is 19.2. The molecule has 0 unspecified atom stereocenters. The van der Waals surface area contributed by atoms with Crippen molar-refractivity contribution in [1.29, 1.82) is 0 Å². The second kappa shape index (κ2) is 11.5. The first kappa shape index (κ1) is 26.7. The number of carboxylic acids is 1. The van der Waals surface area contributed by atoms with Crippen LogP contribution in [0.15, 0.2) is 30.3 Å².